The quantitative estimate of drug-likeness (QED) is 0.812. The molecule has 1 amide bonds. The van der Waals surface area contributed by atoms with E-state index in [4.69, 9.17) is 10.5 Å². The molecule has 140 valence electrons. The zero-order valence-electron chi connectivity index (χ0n) is 15.2. The molecule has 6 heteroatoms. The minimum absolute atomic E-state index is 0. The van der Waals surface area contributed by atoms with Gasteiger partial charge in [-0.05, 0) is 30.6 Å². The van der Waals surface area contributed by atoms with Crippen molar-refractivity contribution in [3.05, 3.63) is 0 Å². The molecular weight excluding hydrogens is 326 g/mol. The van der Waals surface area contributed by atoms with Crippen LogP contribution in [0.15, 0.2) is 0 Å². The molecule has 0 spiro atoms. The molecular formula is C18H34ClN3O2. The largest absolute Gasteiger partial charge is 0.379 e. The minimum Gasteiger partial charge on any atom is -0.379 e. The van der Waals surface area contributed by atoms with Crippen LogP contribution in [0.5, 0.6) is 0 Å². The highest BCUT2D eigenvalue weighted by atomic mass is 35.5. The maximum atomic E-state index is 13.3. The maximum absolute atomic E-state index is 13.3. The van der Waals surface area contributed by atoms with Crippen molar-refractivity contribution in [1.29, 1.82) is 0 Å². The summed E-state index contributed by atoms with van der Waals surface area (Å²) in [6.45, 7) is 9.50. The van der Waals surface area contributed by atoms with E-state index in [0.29, 0.717) is 29.7 Å². The minimum atomic E-state index is 0. The van der Waals surface area contributed by atoms with E-state index in [9.17, 15) is 4.79 Å². The van der Waals surface area contributed by atoms with Gasteiger partial charge in [0.2, 0.25) is 5.91 Å². The van der Waals surface area contributed by atoms with Crippen LogP contribution in [0.2, 0.25) is 0 Å². The molecule has 2 N–H and O–H groups in total. The van der Waals surface area contributed by atoms with Crippen LogP contribution < -0.4 is 5.73 Å². The van der Waals surface area contributed by atoms with Gasteiger partial charge in [-0.3, -0.25) is 9.69 Å². The van der Waals surface area contributed by atoms with Crippen molar-refractivity contribution in [1.82, 2.24) is 9.80 Å². The lowest BCUT2D eigenvalue weighted by Crippen LogP contribution is -2.55. The van der Waals surface area contributed by atoms with Crippen molar-refractivity contribution in [2.75, 3.05) is 39.4 Å². The lowest BCUT2D eigenvalue weighted by atomic mass is 9.91. The molecule has 0 bridgehead atoms. The van der Waals surface area contributed by atoms with Gasteiger partial charge in [-0.2, -0.15) is 0 Å². The number of rotatable bonds is 5. The first-order valence-corrected chi connectivity index (χ1v) is 9.51. The van der Waals surface area contributed by atoms with Gasteiger partial charge in [0.25, 0.3) is 0 Å². The molecule has 5 nitrogen and oxygen atoms in total. The Hall–Kier alpha value is -0.360. The first-order valence-electron chi connectivity index (χ1n) is 9.51. The number of amides is 1. The van der Waals surface area contributed by atoms with Crippen molar-refractivity contribution < 1.29 is 9.53 Å². The molecule has 24 heavy (non-hydrogen) atoms. The summed E-state index contributed by atoms with van der Waals surface area (Å²) in [5.41, 5.74) is 6.25. The Balaban J connectivity index is 0.00000208. The normalized spacial score (nSPS) is 31.8. The molecule has 1 saturated carbocycles. The van der Waals surface area contributed by atoms with Crippen LogP contribution in [0.25, 0.3) is 0 Å². The molecule has 0 radical (unpaired) electrons. The zero-order valence-corrected chi connectivity index (χ0v) is 16.0. The van der Waals surface area contributed by atoms with E-state index < -0.39 is 0 Å². The Morgan fingerprint density at radius 3 is 2.42 bits per heavy atom. The number of fused-ring (bicyclic) bond motifs is 1. The number of halogens is 1. The Morgan fingerprint density at radius 2 is 1.83 bits per heavy atom. The van der Waals surface area contributed by atoms with Crippen LogP contribution in [0.1, 0.15) is 39.5 Å². The predicted molar refractivity (Wildman–Crippen MR) is 98.3 cm³/mol. The van der Waals surface area contributed by atoms with Gasteiger partial charge >= 0.3 is 0 Å². The number of nitrogens with zero attached hydrogens (tertiary/aromatic N) is 2. The van der Waals surface area contributed by atoms with Crippen LogP contribution >= 0.6 is 12.4 Å². The molecule has 2 saturated heterocycles. The molecule has 0 aromatic heterocycles. The number of morpholine rings is 1. The third kappa shape index (κ3) is 3.90. The number of carbonyl (C=O) groups excluding carboxylic acids is 1. The first kappa shape index (κ1) is 20.0. The Morgan fingerprint density at radius 1 is 1.17 bits per heavy atom. The second kappa shape index (κ2) is 8.84. The lowest BCUT2D eigenvalue weighted by Gasteiger charge is -2.39. The third-order valence-corrected chi connectivity index (χ3v) is 6.41. The van der Waals surface area contributed by atoms with E-state index in [-0.39, 0.29) is 18.4 Å². The molecule has 0 aromatic rings. The average Bonchev–Trinajstić information content (AvgIpc) is 3.15. The van der Waals surface area contributed by atoms with Crippen molar-refractivity contribution in [3.63, 3.8) is 0 Å². The SMILES string of the molecule is CCC(CC)C(C(=O)N1CC2CCC(N)C2C1)N1CCOCC1.Cl. The third-order valence-electron chi connectivity index (χ3n) is 6.41. The van der Waals surface area contributed by atoms with E-state index in [1.165, 1.54) is 6.42 Å². The smallest absolute Gasteiger partial charge is 0.240 e. The van der Waals surface area contributed by atoms with Crippen LogP contribution in [0.4, 0.5) is 0 Å². The van der Waals surface area contributed by atoms with Crippen molar-refractivity contribution in [2.45, 2.75) is 51.6 Å². The first-order chi connectivity index (χ1) is 11.2. The van der Waals surface area contributed by atoms with E-state index >= 15 is 0 Å². The Kier molecular flexibility index (Phi) is 7.35. The van der Waals surface area contributed by atoms with Crippen LogP contribution in [0, 0.1) is 17.8 Å². The molecule has 3 fully saturated rings. The number of nitrogens with two attached hydrogens (primary N) is 1. The van der Waals surface area contributed by atoms with Gasteiger partial charge in [-0.25, -0.2) is 0 Å². The molecule has 2 aliphatic heterocycles. The van der Waals surface area contributed by atoms with Crippen LogP contribution in [-0.4, -0.2) is 67.2 Å². The molecule has 4 atom stereocenters. The van der Waals surface area contributed by atoms with Crippen LogP contribution in [0.3, 0.4) is 0 Å². The molecule has 0 aromatic carbocycles. The summed E-state index contributed by atoms with van der Waals surface area (Å²) in [4.78, 5) is 17.8. The van der Waals surface area contributed by atoms with Gasteiger partial charge in [-0.15, -0.1) is 12.4 Å². The van der Waals surface area contributed by atoms with E-state index in [0.717, 1.165) is 58.7 Å². The summed E-state index contributed by atoms with van der Waals surface area (Å²) < 4.78 is 5.49. The highest BCUT2D eigenvalue weighted by Crippen LogP contribution is 2.38. The number of carbonyl (C=O) groups is 1. The molecule has 3 aliphatic rings. The summed E-state index contributed by atoms with van der Waals surface area (Å²) in [6, 6.07) is 0.330. The van der Waals surface area contributed by atoms with Crippen molar-refractivity contribution in [2.24, 2.45) is 23.5 Å². The fourth-order valence-electron chi connectivity index (χ4n) is 4.92. The Bertz CT molecular complexity index is 413. The second-order valence-corrected chi connectivity index (χ2v) is 7.58. The Labute approximate surface area is 152 Å². The number of hydrogen-bond donors (Lipinski definition) is 1. The van der Waals surface area contributed by atoms with Crippen molar-refractivity contribution >= 4 is 18.3 Å². The van der Waals surface area contributed by atoms with Gasteiger partial charge in [0, 0.05) is 32.2 Å². The van der Waals surface area contributed by atoms with E-state index in [1.54, 1.807) is 0 Å². The zero-order chi connectivity index (χ0) is 16.4. The number of ether oxygens (including phenoxy) is 1. The molecule has 2 heterocycles. The van der Waals surface area contributed by atoms with Crippen molar-refractivity contribution in [3.8, 4) is 0 Å². The fourth-order valence-corrected chi connectivity index (χ4v) is 4.92. The fraction of sp³-hybridized carbons (Fsp3) is 0.944. The van der Waals surface area contributed by atoms with Gasteiger partial charge in [0.1, 0.15) is 0 Å². The predicted octanol–water partition coefficient (Wildman–Crippen LogP) is 1.74. The van der Waals surface area contributed by atoms with Gasteiger partial charge in [0.05, 0.1) is 19.3 Å². The number of likely N-dealkylation sites (tertiary alicyclic amines) is 1. The lowest BCUT2D eigenvalue weighted by molar-refractivity contribution is -0.140. The van der Waals surface area contributed by atoms with Gasteiger partial charge in [-0.1, -0.05) is 26.7 Å². The van der Waals surface area contributed by atoms with Crippen LogP contribution in [-0.2, 0) is 9.53 Å². The maximum Gasteiger partial charge on any atom is 0.240 e. The second-order valence-electron chi connectivity index (χ2n) is 7.58. The highest BCUT2D eigenvalue weighted by molar-refractivity contribution is 5.85. The monoisotopic (exact) mass is 359 g/mol. The highest BCUT2D eigenvalue weighted by Gasteiger charge is 2.45. The van der Waals surface area contributed by atoms with Gasteiger partial charge < -0.3 is 15.4 Å². The van der Waals surface area contributed by atoms with Gasteiger partial charge in [0.15, 0.2) is 0 Å². The molecule has 3 rings (SSSR count). The topological polar surface area (TPSA) is 58.8 Å². The number of hydrogen-bond acceptors (Lipinski definition) is 4. The summed E-state index contributed by atoms with van der Waals surface area (Å²) in [5.74, 6) is 1.96. The van der Waals surface area contributed by atoms with E-state index in [2.05, 4.69) is 23.6 Å². The molecule has 1 aliphatic carbocycles. The summed E-state index contributed by atoms with van der Waals surface area (Å²) >= 11 is 0. The summed E-state index contributed by atoms with van der Waals surface area (Å²) in [7, 11) is 0. The standard InChI is InChI=1S/C18H33N3O2.ClH/c1-3-13(4-2)17(20-7-9-23-10-8-20)18(22)21-11-14-5-6-16(19)15(14)12-21;/h13-17H,3-12,19H2,1-2H3;1H. The summed E-state index contributed by atoms with van der Waals surface area (Å²) in [5, 5.41) is 0. The summed E-state index contributed by atoms with van der Waals surface area (Å²) in [6.07, 6.45) is 4.45. The molecule has 4 unspecified atom stereocenters. The average molecular weight is 360 g/mol. The van der Waals surface area contributed by atoms with E-state index in [1.807, 2.05) is 0 Å².